The van der Waals surface area contributed by atoms with Gasteiger partial charge in [0.1, 0.15) is 0 Å². The maximum atomic E-state index is 12.2. The highest BCUT2D eigenvalue weighted by Crippen LogP contribution is 2.36. The van der Waals surface area contributed by atoms with Crippen molar-refractivity contribution >= 4 is 23.1 Å². The summed E-state index contributed by atoms with van der Waals surface area (Å²) in [5.41, 5.74) is 2.13. The predicted molar refractivity (Wildman–Crippen MR) is 110 cm³/mol. The molecule has 2 saturated heterocycles. The molecule has 1 unspecified atom stereocenters. The van der Waals surface area contributed by atoms with Crippen LogP contribution in [0, 0.1) is 0 Å². The van der Waals surface area contributed by atoms with Gasteiger partial charge in [0, 0.05) is 57.3 Å². The standard InChI is InChI=1S/C20H28N6OS/c1-23-8-9-25(20(23)27)18-10-21-26(13-18)17-6-7-24(12-17)11-16-14-28-19(22-16)15-4-2-3-5-15/h10,13-15,17H,2-9,11-12H2,1H3. The Morgan fingerprint density at radius 3 is 2.82 bits per heavy atom. The molecule has 5 rings (SSSR count). The van der Waals surface area contributed by atoms with E-state index < -0.39 is 0 Å². The number of carbonyl (C=O) groups excluding carboxylic acids is 1. The number of aromatic nitrogens is 3. The summed E-state index contributed by atoms with van der Waals surface area (Å²) >= 11 is 1.85. The van der Waals surface area contributed by atoms with Gasteiger partial charge in [-0.2, -0.15) is 5.10 Å². The molecule has 2 aliphatic heterocycles. The van der Waals surface area contributed by atoms with Gasteiger partial charge in [0.15, 0.2) is 0 Å². The molecular formula is C20H28N6OS. The zero-order chi connectivity index (χ0) is 19.1. The minimum Gasteiger partial charge on any atom is -0.326 e. The van der Waals surface area contributed by atoms with E-state index in [1.54, 1.807) is 4.90 Å². The van der Waals surface area contributed by atoms with E-state index in [1.807, 2.05) is 40.4 Å². The lowest BCUT2D eigenvalue weighted by Crippen LogP contribution is -2.28. The Labute approximate surface area is 169 Å². The fourth-order valence-corrected chi connectivity index (χ4v) is 5.69. The van der Waals surface area contributed by atoms with Crippen LogP contribution in [0.25, 0.3) is 0 Å². The lowest BCUT2D eigenvalue weighted by Gasteiger charge is -2.15. The van der Waals surface area contributed by atoms with Gasteiger partial charge in [-0.05, 0) is 19.3 Å². The van der Waals surface area contributed by atoms with Crippen molar-refractivity contribution in [2.24, 2.45) is 0 Å². The average Bonchev–Trinajstić information content (AvgIpc) is 3.48. The first kappa shape index (κ1) is 18.1. The lowest BCUT2D eigenvalue weighted by atomic mass is 10.1. The Morgan fingerprint density at radius 2 is 2.04 bits per heavy atom. The highest BCUT2D eigenvalue weighted by Gasteiger charge is 2.30. The van der Waals surface area contributed by atoms with E-state index in [1.165, 1.54) is 36.4 Å². The Morgan fingerprint density at radius 1 is 1.18 bits per heavy atom. The summed E-state index contributed by atoms with van der Waals surface area (Å²) in [7, 11) is 1.85. The average molecular weight is 401 g/mol. The molecule has 1 aliphatic carbocycles. The first-order chi connectivity index (χ1) is 13.7. The third-order valence-electron chi connectivity index (χ3n) is 6.40. The summed E-state index contributed by atoms with van der Waals surface area (Å²) in [5, 5.41) is 8.16. The summed E-state index contributed by atoms with van der Waals surface area (Å²) in [4.78, 5) is 23.2. The molecule has 2 aromatic rings. The third kappa shape index (κ3) is 3.43. The first-order valence-electron chi connectivity index (χ1n) is 10.4. The van der Waals surface area contributed by atoms with E-state index in [4.69, 9.17) is 4.98 Å². The molecule has 3 fully saturated rings. The SMILES string of the molecule is CN1CCN(c2cnn(C3CCN(Cc4csc(C5CCCC5)n4)C3)c2)C1=O. The molecular weight excluding hydrogens is 372 g/mol. The van der Waals surface area contributed by atoms with E-state index in [-0.39, 0.29) is 6.03 Å². The Kier molecular flexibility index (Phi) is 4.84. The number of hydrogen-bond donors (Lipinski definition) is 0. The molecule has 2 aromatic heterocycles. The van der Waals surface area contributed by atoms with E-state index in [2.05, 4.69) is 15.4 Å². The van der Waals surface area contributed by atoms with Gasteiger partial charge in [-0.25, -0.2) is 9.78 Å². The normalized spacial score (nSPS) is 24.2. The molecule has 1 atom stereocenters. The Hall–Kier alpha value is -1.93. The summed E-state index contributed by atoms with van der Waals surface area (Å²) in [6.45, 7) is 4.51. The van der Waals surface area contributed by atoms with Crippen molar-refractivity contribution < 1.29 is 4.79 Å². The van der Waals surface area contributed by atoms with Crippen molar-refractivity contribution in [2.45, 2.75) is 50.6 Å². The van der Waals surface area contributed by atoms with Gasteiger partial charge in [-0.1, -0.05) is 12.8 Å². The number of likely N-dealkylation sites (N-methyl/N-ethyl adjacent to an activating group) is 1. The van der Waals surface area contributed by atoms with Crippen LogP contribution in [-0.2, 0) is 6.54 Å². The van der Waals surface area contributed by atoms with Crippen LogP contribution in [0.2, 0.25) is 0 Å². The highest BCUT2D eigenvalue weighted by molar-refractivity contribution is 7.09. The van der Waals surface area contributed by atoms with Crippen LogP contribution >= 0.6 is 11.3 Å². The van der Waals surface area contributed by atoms with Crippen molar-refractivity contribution in [3.8, 4) is 0 Å². The maximum Gasteiger partial charge on any atom is 0.324 e. The van der Waals surface area contributed by atoms with E-state index >= 15 is 0 Å². The smallest absolute Gasteiger partial charge is 0.324 e. The van der Waals surface area contributed by atoms with Crippen LogP contribution in [0.15, 0.2) is 17.8 Å². The van der Waals surface area contributed by atoms with Crippen molar-refractivity contribution in [1.82, 2.24) is 24.6 Å². The van der Waals surface area contributed by atoms with Crippen LogP contribution in [0.4, 0.5) is 10.5 Å². The van der Waals surface area contributed by atoms with Crippen molar-refractivity contribution in [2.75, 3.05) is 38.1 Å². The Bertz CT molecular complexity index is 841. The Balaban J connectivity index is 1.19. The van der Waals surface area contributed by atoms with Crippen LogP contribution in [-0.4, -0.2) is 63.8 Å². The summed E-state index contributed by atoms with van der Waals surface area (Å²) < 4.78 is 2.05. The zero-order valence-corrected chi connectivity index (χ0v) is 17.3. The third-order valence-corrected chi connectivity index (χ3v) is 7.45. The van der Waals surface area contributed by atoms with E-state index in [0.717, 1.165) is 44.8 Å². The quantitative estimate of drug-likeness (QED) is 0.773. The zero-order valence-electron chi connectivity index (χ0n) is 16.5. The number of hydrogen-bond acceptors (Lipinski definition) is 5. The summed E-state index contributed by atoms with van der Waals surface area (Å²) in [5.74, 6) is 0.708. The predicted octanol–water partition coefficient (Wildman–Crippen LogP) is 3.32. The number of amides is 2. The number of thiazole rings is 1. The molecule has 0 N–H and O–H groups in total. The van der Waals surface area contributed by atoms with Gasteiger partial charge >= 0.3 is 6.03 Å². The highest BCUT2D eigenvalue weighted by atomic mass is 32.1. The number of rotatable bonds is 5. The van der Waals surface area contributed by atoms with Crippen LogP contribution in [0.3, 0.4) is 0 Å². The van der Waals surface area contributed by atoms with Crippen LogP contribution in [0.1, 0.15) is 54.8 Å². The molecule has 7 nitrogen and oxygen atoms in total. The minimum atomic E-state index is 0.0641. The number of carbonyl (C=O) groups is 1. The van der Waals surface area contributed by atoms with Crippen LogP contribution < -0.4 is 4.90 Å². The molecule has 0 radical (unpaired) electrons. The molecule has 2 amide bonds. The second-order valence-corrected chi connectivity index (χ2v) is 9.26. The molecule has 4 heterocycles. The fourth-order valence-electron chi connectivity index (χ4n) is 4.71. The number of anilines is 1. The van der Waals surface area contributed by atoms with Gasteiger partial charge in [-0.3, -0.25) is 14.5 Å². The molecule has 8 heteroatoms. The van der Waals surface area contributed by atoms with E-state index in [0.29, 0.717) is 12.0 Å². The van der Waals surface area contributed by atoms with E-state index in [9.17, 15) is 4.79 Å². The van der Waals surface area contributed by atoms with Gasteiger partial charge in [0.2, 0.25) is 0 Å². The molecule has 0 spiro atoms. The maximum absolute atomic E-state index is 12.2. The lowest BCUT2D eigenvalue weighted by molar-refractivity contribution is 0.229. The number of nitrogens with zero attached hydrogens (tertiary/aromatic N) is 6. The minimum absolute atomic E-state index is 0.0641. The molecule has 1 saturated carbocycles. The molecule has 0 bridgehead atoms. The summed E-state index contributed by atoms with van der Waals surface area (Å²) in [6, 6.07) is 0.436. The van der Waals surface area contributed by atoms with Gasteiger partial charge in [0.25, 0.3) is 0 Å². The number of likely N-dealkylation sites (tertiary alicyclic amines) is 1. The monoisotopic (exact) mass is 400 g/mol. The topological polar surface area (TPSA) is 57.5 Å². The van der Waals surface area contributed by atoms with Gasteiger partial charge < -0.3 is 4.90 Å². The number of urea groups is 1. The van der Waals surface area contributed by atoms with Gasteiger partial charge in [-0.15, -0.1) is 11.3 Å². The molecule has 150 valence electrons. The molecule has 0 aromatic carbocycles. The first-order valence-corrected chi connectivity index (χ1v) is 11.3. The molecule has 28 heavy (non-hydrogen) atoms. The molecule has 3 aliphatic rings. The van der Waals surface area contributed by atoms with Crippen LogP contribution in [0.5, 0.6) is 0 Å². The second-order valence-electron chi connectivity index (χ2n) is 8.37. The fraction of sp³-hybridized carbons (Fsp3) is 0.650. The van der Waals surface area contributed by atoms with Gasteiger partial charge in [0.05, 0.1) is 28.6 Å². The van der Waals surface area contributed by atoms with Crippen molar-refractivity contribution in [3.05, 3.63) is 28.5 Å². The van der Waals surface area contributed by atoms with Crippen molar-refractivity contribution in [3.63, 3.8) is 0 Å². The summed E-state index contributed by atoms with van der Waals surface area (Å²) in [6.07, 6.45) is 10.3. The van der Waals surface area contributed by atoms with Crippen molar-refractivity contribution in [1.29, 1.82) is 0 Å². The second kappa shape index (κ2) is 7.48. The largest absolute Gasteiger partial charge is 0.326 e.